The molecule has 18 heavy (non-hydrogen) atoms. The SMILES string of the molecule is COC(=O)/C(=C\N(C)C)N=Cc1ccc(Cl)cc1. The van der Waals surface area contributed by atoms with Crippen LogP contribution in [0.5, 0.6) is 0 Å². The Kier molecular flexibility index (Phi) is 5.39. The van der Waals surface area contributed by atoms with Gasteiger partial charge in [-0.3, -0.25) is 0 Å². The summed E-state index contributed by atoms with van der Waals surface area (Å²) in [5.74, 6) is -0.478. The zero-order valence-electron chi connectivity index (χ0n) is 10.6. The Bertz CT molecular complexity index is 464. The Morgan fingerprint density at radius 1 is 1.33 bits per heavy atom. The maximum Gasteiger partial charge on any atom is 0.358 e. The number of carbonyl (C=O) groups excluding carboxylic acids is 1. The molecule has 4 nitrogen and oxygen atoms in total. The normalized spacial score (nSPS) is 11.7. The molecule has 1 aromatic carbocycles. The van der Waals surface area contributed by atoms with Gasteiger partial charge in [-0.25, -0.2) is 9.79 Å². The van der Waals surface area contributed by atoms with Crippen molar-refractivity contribution in [3.63, 3.8) is 0 Å². The van der Waals surface area contributed by atoms with Gasteiger partial charge in [0.2, 0.25) is 0 Å². The molecule has 0 saturated heterocycles. The summed E-state index contributed by atoms with van der Waals surface area (Å²) in [5.41, 5.74) is 1.09. The molecule has 0 unspecified atom stereocenters. The van der Waals surface area contributed by atoms with Gasteiger partial charge in [0.1, 0.15) is 0 Å². The van der Waals surface area contributed by atoms with Gasteiger partial charge in [-0.2, -0.15) is 0 Å². The molecule has 0 N–H and O–H groups in total. The van der Waals surface area contributed by atoms with E-state index in [-0.39, 0.29) is 5.70 Å². The number of esters is 1. The highest BCUT2D eigenvalue weighted by atomic mass is 35.5. The number of hydrogen-bond acceptors (Lipinski definition) is 4. The first-order valence-corrected chi connectivity index (χ1v) is 5.67. The number of ether oxygens (including phenoxy) is 1. The van der Waals surface area contributed by atoms with E-state index in [1.165, 1.54) is 7.11 Å². The third-order valence-electron chi connectivity index (χ3n) is 2.00. The first-order chi connectivity index (χ1) is 8.52. The quantitative estimate of drug-likeness (QED) is 0.477. The maximum atomic E-state index is 11.5. The van der Waals surface area contributed by atoms with Crippen molar-refractivity contribution in [3.8, 4) is 0 Å². The molecule has 0 atom stereocenters. The summed E-state index contributed by atoms with van der Waals surface area (Å²) in [6.45, 7) is 0. The van der Waals surface area contributed by atoms with Crippen molar-refractivity contribution in [2.75, 3.05) is 21.2 Å². The number of rotatable bonds is 4. The number of aliphatic imine (C=N–C) groups is 1. The fraction of sp³-hybridized carbons (Fsp3) is 0.231. The second kappa shape index (κ2) is 6.81. The highest BCUT2D eigenvalue weighted by Crippen LogP contribution is 2.09. The maximum absolute atomic E-state index is 11.5. The van der Waals surface area contributed by atoms with Crippen LogP contribution in [0.15, 0.2) is 41.2 Å². The molecule has 1 aromatic rings. The lowest BCUT2D eigenvalue weighted by Gasteiger charge is -2.06. The predicted octanol–water partition coefficient (Wildman–Crippen LogP) is 2.33. The Morgan fingerprint density at radius 3 is 2.44 bits per heavy atom. The molecule has 0 aromatic heterocycles. The molecule has 96 valence electrons. The van der Waals surface area contributed by atoms with Crippen LogP contribution in [-0.4, -0.2) is 38.3 Å². The Balaban J connectivity index is 2.90. The van der Waals surface area contributed by atoms with Crippen molar-refractivity contribution in [1.82, 2.24) is 4.90 Å². The van der Waals surface area contributed by atoms with Crippen molar-refractivity contribution < 1.29 is 9.53 Å². The first kappa shape index (κ1) is 14.3. The molecule has 0 amide bonds. The summed E-state index contributed by atoms with van der Waals surface area (Å²) in [6, 6.07) is 7.15. The van der Waals surface area contributed by atoms with Crippen LogP contribution < -0.4 is 0 Å². The average molecular weight is 267 g/mol. The van der Waals surface area contributed by atoms with Gasteiger partial charge >= 0.3 is 5.97 Å². The fourth-order valence-electron chi connectivity index (χ4n) is 1.18. The molecular formula is C13H15ClN2O2. The molecule has 0 radical (unpaired) electrons. The number of methoxy groups -OCH3 is 1. The summed E-state index contributed by atoms with van der Waals surface area (Å²) in [5, 5.41) is 0.657. The molecule has 0 aliphatic carbocycles. The molecule has 0 saturated carbocycles. The Morgan fingerprint density at radius 2 is 1.94 bits per heavy atom. The average Bonchev–Trinajstić information content (AvgIpc) is 2.35. The topological polar surface area (TPSA) is 41.9 Å². The smallest absolute Gasteiger partial charge is 0.358 e. The Labute approximate surface area is 112 Å². The summed E-state index contributed by atoms with van der Waals surface area (Å²) in [6.07, 6.45) is 3.18. The molecular weight excluding hydrogens is 252 g/mol. The molecule has 0 aliphatic rings. The van der Waals surface area contributed by atoms with E-state index in [0.717, 1.165) is 5.56 Å². The summed E-state index contributed by atoms with van der Waals surface area (Å²) < 4.78 is 4.65. The van der Waals surface area contributed by atoms with E-state index in [1.807, 2.05) is 12.1 Å². The lowest BCUT2D eigenvalue weighted by Crippen LogP contribution is -2.09. The zero-order valence-corrected chi connectivity index (χ0v) is 11.3. The van der Waals surface area contributed by atoms with Gasteiger partial charge in [-0.1, -0.05) is 23.7 Å². The number of halogens is 1. The van der Waals surface area contributed by atoms with Crippen molar-refractivity contribution in [2.45, 2.75) is 0 Å². The monoisotopic (exact) mass is 266 g/mol. The first-order valence-electron chi connectivity index (χ1n) is 5.29. The highest BCUT2D eigenvalue weighted by Gasteiger charge is 2.07. The lowest BCUT2D eigenvalue weighted by molar-refractivity contribution is -0.136. The van der Waals surface area contributed by atoms with Gasteiger partial charge in [-0.05, 0) is 17.7 Å². The van der Waals surface area contributed by atoms with Crippen molar-refractivity contribution in [3.05, 3.63) is 46.7 Å². The van der Waals surface area contributed by atoms with Gasteiger partial charge in [0.05, 0.1) is 7.11 Å². The molecule has 0 spiro atoms. The number of nitrogens with zero attached hydrogens (tertiary/aromatic N) is 2. The zero-order chi connectivity index (χ0) is 13.5. The van der Waals surface area contributed by atoms with Crippen molar-refractivity contribution in [2.24, 2.45) is 4.99 Å². The van der Waals surface area contributed by atoms with Crippen LogP contribution in [0.25, 0.3) is 0 Å². The van der Waals surface area contributed by atoms with E-state index in [4.69, 9.17) is 11.6 Å². The predicted molar refractivity (Wildman–Crippen MR) is 72.8 cm³/mol. The highest BCUT2D eigenvalue weighted by molar-refractivity contribution is 6.30. The summed E-state index contributed by atoms with van der Waals surface area (Å²) in [4.78, 5) is 17.3. The standard InChI is InChI=1S/C13H15ClN2O2/c1-16(2)9-12(13(17)18-3)15-8-10-4-6-11(14)7-5-10/h4-9H,1-3H3/b12-9+,15-8?. The minimum Gasteiger partial charge on any atom is -0.464 e. The van der Waals surface area contributed by atoms with Gasteiger partial charge in [-0.15, -0.1) is 0 Å². The van der Waals surface area contributed by atoms with Crippen molar-refractivity contribution in [1.29, 1.82) is 0 Å². The molecule has 0 heterocycles. The number of hydrogen-bond donors (Lipinski definition) is 0. The minimum absolute atomic E-state index is 0.234. The van der Waals surface area contributed by atoms with Crippen LogP contribution in [0.2, 0.25) is 5.02 Å². The second-order valence-electron chi connectivity index (χ2n) is 3.78. The van der Waals surface area contributed by atoms with Crippen LogP contribution in [0.3, 0.4) is 0 Å². The van der Waals surface area contributed by atoms with Crippen LogP contribution in [0.4, 0.5) is 0 Å². The third kappa shape index (κ3) is 4.59. The fourth-order valence-corrected chi connectivity index (χ4v) is 1.31. The summed E-state index contributed by atoms with van der Waals surface area (Å²) in [7, 11) is 4.94. The van der Waals surface area contributed by atoms with Crippen LogP contribution in [-0.2, 0) is 9.53 Å². The van der Waals surface area contributed by atoms with Crippen LogP contribution >= 0.6 is 11.6 Å². The minimum atomic E-state index is -0.478. The van der Waals surface area contributed by atoms with Gasteiger partial charge in [0.15, 0.2) is 5.70 Å². The van der Waals surface area contributed by atoms with Gasteiger partial charge < -0.3 is 9.64 Å². The van der Waals surface area contributed by atoms with E-state index < -0.39 is 5.97 Å². The van der Waals surface area contributed by atoms with E-state index in [2.05, 4.69) is 9.73 Å². The summed E-state index contributed by atoms with van der Waals surface area (Å²) >= 11 is 5.78. The van der Waals surface area contributed by atoms with Gasteiger partial charge in [0, 0.05) is 31.5 Å². The second-order valence-corrected chi connectivity index (χ2v) is 4.22. The molecule has 0 aliphatic heterocycles. The van der Waals surface area contributed by atoms with Gasteiger partial charge in [0.25, 0.3) is 0 Å². The molecule has 0 bridgehead atoms. The largest absolute Gasteiger partial charge is 0.464 e. The molecule has 0 fully saturated rings. The van der Waals surface area contributed by atoms with Crippen LogP contribution in [0, 0.1) is 0 Å². The molecule has 1 rings (SSSR count). The lowest BCUT2D eigenvalue weighted by atomic mass is 10.2. The third-order valence-corrected chi connectivity index (χ3v) is 2.25. The van der Waals surface area contributed by atoms with E-state index in [0.29, 0.717) is 5.02 Å². The van der Waals surface area contributed by atoms with E-state index >= 15 is 0 Å². The van der Waals surface area contributed by atoms with E-state index in [1.54, 1.807) is 43.5 Å². The number of benzene rings is 1. The molecule has 5 heteroatoms. The van der Waals surface area contributed by atoms with Crippen LogP contribution in [0.1, 0.15) is 5.56 Å². The van der Waals surface area contributed by atoms with E-state index in [9.17, 15) is 4.79 Å². The van der Waals surface area contributed by atoms with Crippen molar-refractivity contribution >= 4 is 23.8 Å². The Hall–Kier alpha value is -1.81. The number of carbonyl (C=O) groups is 1.